The van der Waals surface area contributed by atoms with Crippen molar-refractivity contribution in [3.63, 3.8) is 0 Å². The van der Waals surface area contributed by atoms with E-state index in [1.54, 1.807) is 35.9 Å². The molecule has 0 radical (unpaired) electrons. The van der Waals surface area contributed by atoms with Crippen molar-refractivity contribution in [1.82, 2.24) is 9.38 Å². The topological polar surface area (TPSA) is 62.1 Å². The van der Waals surface area contributed by atoms with Crippen LogP contribution in [0.1, 0.15) is 17.4 Å². The van der Waals surface area contributed by atoms with Gasteiger partial charge in [-0.15, -0.1) is 0 Å². The number of benzene rings is 1. The Balaban J connectivity index is 2.01. The number of methoxy groups -OCH3 is 1. The SMILES string of the molecule is CCOC(=O)c1cn2cccc(Oc3cc(F)ccc3OC)c2n1. The summed E-state index contributed by atoms with van der Waals surface area (Å²) >= 11 is 0. The maximum atomic E-state index is 13.5. The van der Waals surface area contributed by atoms with Gasteiger partial charge in [0.25, 0.3) is 0 Å². The lowest BCUT2D eigenvalue weighted by atomic mass is 10.3. The number of rotatable bonds is 5. The number of esters is 1. The average Bonchev–Trinajstić information content (AvgIpc) is 3.01. The number of imidazole rings is 1. The van der Waals surface area contributed by atoms with E-state index in [4.69, 9.17) is 14.2 Å². The molecule has 0 saturated heterocycles. The maximum Gasteiger partial charge on any atom is 0.358 e. The van der Waals surface area contributed by atoms with E-state index in [0.717, 1.165) is 0 Å². The van der Waals surface area contributed by atoms with Gasteiger partial charge in [0.05, 0.1) is 13.7 Å². The van der Waals surface area contributed by atoms with E-state index in [2.05, 4.69) is 4.98 Å². The normalized spacial score (nSPS) is 10.6. The molecule has 0 aliphatic heterocycles. The molecule has 7 heteroatoms. The summed E-state index contributed by atoms with van der Waals surface area (Å²) in [6.45, 7) is 1.98. The summed E-state index contributed by atoms with van der Waals surface area (Å²) in [4.78, 5) is 16.1. The van der Waals surface area contributed by atoms with Gasteiger partial charge in [0.2, 0.25) is 0 Å². The molecule has 2 heterocycles. The van der Waals surface area contributed by atoms with Crippen molar-refractivity contribution in [2.45, 2.75) is 6.92 Å². The number of carbonyl (C=O) groups is 1. The van der Waals surface area contributed by atoms with E-state index in [9.17, 15) is 9.18 Å². The minimum atomic E-state index is -0.518. The summed E-state index contributed by atoms with van der Waals surface area (Å²) in [7, 11) is 1.47. The third-order valence-electron chi connectivity index (χ3n) is 3.28. The van der Waals surface area contributed by atoms with Gasteiger partial charge in [-0.2, -0.15) is 0 Å². The van der Waals surface area contributed by atoms with Crippen molar-refractivity contribution in [3.05, 3.63) is 54.2 Å². The molecule has 0 bridgehead atoms. The molecule has 6 nitrogen and oxygen atoms in total. The molecule has 0 unspecified atom stereocenters. The lowest BCUT2D eigenvalue weighted by molar-refractivity contribution is 0.0520. The molecule has 3 rings (SSSR count). The van der Waals surface area contributed by atoms with E-state index in [1.165, 1.54) is 25.3 Å². The molecule has 3 aromatic rings. The zero-order chi connectivity index (χ0) is 17.1. The fourth-order valence-corrected chi connectivity index (χ4v) is 2.22. The predicted molar refractivity (Wildman–Crippen MR) is 84.2 cm³/mol. The van der Waals surface area contributed by atoms with Gasteiger partial charge in [-0.25, -0.2) is 14.2 Å². The first-order chi connectivity index (χ1) is 11.6. The number of hydrogen-bond acceptors (Lipinski definition) is 5. The van der Waals surface area contributed by atoms with Crippen LogP contribution in [0.25, 0.3) is 5.65 Å². The van der Waals surface area contributed by atoms with Crippen LogP contribution in [0.2, 0.25) is 0 Å². The van der Waals surface area contributed by atoms with E-state index in [1.807, 2.05) is 0 Å². The molecule has 0 atom stereocenters. The number of carbonyl (C=O) groups excluding carboxylic acids is 1. The van der Waals surface area contributed by atoms with Crippen molar-refractivity contribution in [1.29, 1.82) is 0 Å². The molecule has 0 aliphatic carbocycles. The lowest BCUT2D eigenvalue weighted by Gasteiger charge is -2.10. The summed E-state index contributed by atoms with van der Waals surface area (Å²) in [6, 6.07) is 7.37. The fraction of sp³-hybridized carbons (Fsp3) is 0.176. The minimum absolute atomic E-state index is 0.166. The second-order valence-corrected chi connectivity index (χ2v) is 4.85. The van der Waals surface area contributed by atoms with Crippen LogP contribution in [0.4, 0.5) is 4.39 Å². The van der Waals surface area contributed by atoms with Crippen LogP contribution in [0.5, 0.6) is 17.2 Å². The standard InChI is InChI=1S/C17H15FN2O4/c1-3-23-17(21)12-10-20-8-4-5-14(16(20)19-12)24-15-9-11(18)6-7-13(15)22-2/h4-10H,3H2,1-2H3. The van der Waals surface area contributed by atoms with Crippen LogP contribution in [0, 0.1) is 5.82 Å². The van der Waals surface area contributed by atoms with Gasteiger partial charge in [0.15, 0.2) is 28.6 Å². The highest BCUT2D eigenvalue weighted by Gasteiger charge is 2.16. The number of fused-ring (bicyclic) bond motifs is 1. The first-order valence-corrected chi connectivity index (χ1v) is 7.28. The second kappa shape index (κ2) is 6.57. The molecule has 1 aromatic carbocycles. The third kappa shape index (κ3) is 3.01. The molecule has 124 valence electrons. The van der Waals surface area contributed by atoms with Crippen LogP contribution in [0.15, 0.2) is 42.7 Å². The van der Waals surface area contributed by atoms with Gasteiger partial charge >= 0.3 is 5.97 Å². The smallest absolute Gasteiger partial charge is 0.358 e. The Morgan fingerprint density at radius 3 is 2.83 bits per heavy atom. The van der Waals surface area contributed by atoms with E-state index < -0.39 is 11.8 Å². The molecule has 0 saturated carbocycles. The minimum Gasteiger partial charge on any atom is -0.493 e. The van der Waals surface area contributed by atoms with Crippen LogP contribution in [0.3, 0.4) is 0 Å². The summed E-state index contributed by atoms with van der Waals surface area (Å²) in [6.07, 6.45) is 3.27. The van der Waals surface area contributed by atoms with Gasteiger partial charge in [-0.05, 0) is 31.2 Å². The molecular weight excluding hydrogens is 315 g/mol. The first-order valence-electron chi connectivity index (χ1n) is 7.28. The van der Waals surface area contributed by atoms with Gasteiger partial charge in [-0.3, -0.25) is 0 Å². The lowest BCUT2D eigenvalue weighted by Crippen LogP contribution is -2.04. The van der Waals surface area contributed by atoms with Crippen molar-refractivity contribution in [2.75, 3.05) is 13.7 Å². The molecule has 0 fully saturated rings. The largest absolute Gasteiger partial charge is 0.493 e. The first kappa shape index (κ1) is 15.8. The molecule has 0 aliphatic rings. The summed E-state index contributed by atoms with van der Waals surface area (Å²) < 4.78 is 31.0. The third-order valence-corrected chi connectivity index (χ3v) is 3.28. The predicted octanol–water partition coefficient (Wildman–Crippen LogP) is 3.45. The second-order valence-electron chi connectivity index (χ2n) is 4.85. The number of pyridine rings is 1. The Morgan fingerprint density at radius 1 is 1.25 bits per heavy atom. The van der Waals surface area contributed by atoms with E-state index in [0.29, 0.717) is 17.1 Å². The number of halogens is 1. The van der Waals surface area contributed by atoms with Crippen LogP contribution in [-0.4, -0.2) is 29.1 Å². The van der Waals surface area contributed by atoms with Crippen molar-refractivity contribution in [2.24, 2.45) is 0 Å². The van der Waals surface area contributed by atoms with Crippen molar-refractivity contribution in [3.8, 4) is 17.2 Å². The van der Waals surface area contributed by atoms with Crippen molar-refractivity contribution >= 4 is 11.6 Å². The highest BCUT2D eigenvalue weighted by molar-refractivity contribution is 5.88. The molecule has 0 amide bonds. The van der Waals surface area contributed by atoms with Gasteiger partial charge in [-0.1, -0.05) is 0 Å². The summed E-state index contributed by atoms with van der Waals surface area (Å²) in [5, 5.41) is 0. The van der Waals surface area contributed by atoms with Crippen molar-refractivity contribution < 1.29 is 23.4 Å². The average molecular weight is 330 g/mol. The molecule has 0 N–H and O–H groups in total. The monoisotopic (exact) mass is 330 g/mol. The Bertz CT molecular complexity index is 891. The van der Waals surface area contributed by atoms with E-state index in [-0.39, 0.29) is 18.1 Å². The fourth-order valence-electron chi connectivity index (χ4n) is 2.22. The zero-order valence-corrected chi connectivity index (χ0v) is 13.2. The zero-order valence-electron chi connectivity index (χ0n) is 13.2. The quantitative estimate of drug-likeness (QED) is 0.671. The van der Waals surface area contributed by atoms with Crippen LogP contribution in [-0.2, 0) is 4.74 Å². The highest BCUT2D eigenvalue weighted by atomic mass is 19.1. The highest BCUT2D eigenvalue weighted by Crippen LogP contribution is 2.33. The van der Waals surface area contributed by atoms with Gasteiger partial charge in [0.1, 0.15) is 5.82 Å². The molecule has 24 heavy (non-hydrogen) atoms. The number of ether oxygens (including phenoxy) is 3. The number of hydrogen-bond donors (Lipinski definition) is 0. The molecular formula is C17H15FN2O4. The van der Waals surface area contributed by atoms with Gasteiger partial charge in [0, 0.05) is 18.5 Å². The summed E-state index contributed by atoms with van der Waals surface area (Å²) in [5.74, 6) is -0.0115. The Hall–Kier alpha value is -3.09. The van der Waals surface area contributed by atoms with Gasteiger partial charge < -0.3 is 18.6 Å². The maximum absolute atomic E-state index is 13.5. The number of nitrogens with zero attached hydrogens (tertiary/aromatic N) is 2. The number of aromatic nitrogens is 2. The summed E-state index contributed by atoms with van der Waals surface area (Å²) in [5.41, 5.74) is 0.575. The Morgan fingerprint density at radius 2 is 2.08 bits per heavy atom. The van der Waals surface area contributed by atoms with Crippen LogP contribution < -0.4 is 9.47 Å². The molecule has 0 spiro atoms. The Labute approximate surface area is 137 Å². The molecule has 2 aromatic heterocycles. The Kier molecular flexibility index (Phi) is 4.33. The van der Waals surface area contributed by atoms with Crippen LogP contribution >= 0.6 is 0 Å². The van der Waals surface area contributed by atoms with E-state index >= 15 is 0 Å².